The van der Waals surface area contributed by atoms with Gasteiger partial charge in [-0.05, 0) is 38.3 Å². The molecule has 6 heteroatoms. The number of hydrogen-bond donors (Lipinski definition) is 1. The lowest BCUT2D eigenvalue weighted by atomic mass is 9.96. The van der Waals surface area contributed by atoms with Crippen molar-refractivity contribution in [3.05, 3.63) is 39.9 Å². The van der Waals surface area contributed by atoms with E-state index in [2.05, 4.69) is 26.8 Å². The molecule has 24 heavy (non-hydrogen) atoms. The third-order valence-corrected chi connectivity index (χ3v) is 4.93. The first-order valence-electron chi connectivity index (χ1n) is 8.31. The molecule has 0 saturated carbocycles. The zero-order chi connectivity index (χ0) is 17.3. The Morgan fingerprint density at radius 1 is 1.33 bits per heavy atom. The summed E-state index contributed by atoms with van der Waals surface area (Å²) in [6.45, 7) is 7.67. The molecule has 1 saturated heterocycles. The number of ether oxygens (including phenoxy) is 1. The van der Waals surface area contributed by atoms with Gasteiger partial charge in [-0.2, -0.15) is 0 Å². The van der Waals surface area contributed by atoms with Crippen molar-refractivity contribution in [2.75, 3.05) is 25.1 Å². The summed E-state index contributed by atoms with van der Waals surface area (Å²) in [5.74, 6) is 2.05. The van der Waals surface area contributed by atoms with Gasteiger partial charge < -0.3 is 14.6 Å². The maximum absolute atomic E-state index is 11.9. The minimum Gasteiger partial charge on any atom is -0.379 e. The molecule has 1 aliphatic rings. The Balaban J connectivity index is 1.82. The van der Waals surface area contributed by atoms with Crippen molar-refractivity contribution in [3.8, 4) is 11.4 Å². The van der Waals surface area contributed by atoms with Crippen LogP contribution in [0.5, 0.6) is 0 Å². The van der Waals surface area contributed by atoms with Crippen molar-refractivity contribution in [2.45, 2.75) is 33.3 Å². The van der Waals surface area contributed by atoms with Crippen molar-refractivity contribution in [3.63, 3.8) is 0 Å². The highest BCUT2D eigenvalue weighted by molar-refractivity contribution is 5.56. The van der Waals surface area contributed by atoms with Gasteiger partial charge in [0.05, 0.1) is 6.10 Å². The Morgan fingerprint density at radius 3 is 2.75 bits per heavy atom. The van der Waals surface area contributed by atoms with Crippen molar-refractivity contribution >= 4 is 5.82 Å². The number of hydrogen-bond acceptors (Lipinski definition) is 5. The first-order chi connectivity index (χ1) is 11.5. The Bertz CT molecular complexity index is 770. The number of aryl methyl sites for hydroxylation is 1. The topological polar surface area (TPSA) is 71.1 Å². The molecule has 128 valence electrons. The van der Waals surface area contributed by atoms with Crippen molar-refractivity contribution in [1.82, 2.24) is 15.0 Å². The van der Waals surface area contributed by atoms with Crippen LogP contribution < -0.4 is 10.5 Å². The van der Waals surface area contributed by atoms with Crippen LogP contribution in [-0.2, 0) is 4.74 Å². The van der Waals surface area contributed by atoms with Crippen LogP contribution in [0.2, 0.25) is 0 Å². The lowest BCUT2D eigenvalue weighted by Gasteiger charge is -2.36. The summed E-state index contributed by atoms with van der Waals surface area (Å²) >= 11 is 0. The fraction of sp³-hybridized carbons (Fsp3) is 0.500. The molecule has 1 N–H and O–H groups in total. The highest BCUT2D eigenvalue weighted by atomic mass is 16.5. The van der Waals surface area contributed by atoms with Crippen LogP contribution >= 0.6 is 0 Å². The summed E-state index contributed by atoms with van der Waals surface area (Å²) in [5.41, 5.74) is 2.10. The largest absolute Gasteiger partial charge is 0.379 e. The molecule has 2 atom stereocenters. The van der Waals surface area contributed by atoms with E-state index >= 15 is 0 Å². The average Bonchev–Trinajstić information content (AvgIpc) is 2.60. The van der Waals surface area contributed by atoms with E-state index < -0.39 is 0 Å². The summed E-state index contributed by atoms with van der Waals surface area (Å²) in [4.78, 5) is 26.0. The molecule has 1 aliphatic heterocycles. The second kappa shape index (κ2) is 6.73. The Kier molecular flexibility index (Phi) is 4.66. The van der Waals surface area contributed by atoms with E-state index in [0.717, 1.165) is 36.6 Å². The third-order valence-electron chi connectivity index (χ3n) is 4.93. The second-order valence-corrected chi connectivity index (χ2v) is 6.52. The van der Waals surface area contributed by atoms with Crippen molar-refractivity contribution in [1.29, 1.82) is 0 Å². The Hall–Kier alpha value is -2.21. The summed E-state index contributed by atoms with van der Waals surface area (Å²) in [5, 5.41) is 0. The van der Waals surface area contributed by atoms with E-state index in [4.69, 9.17) is 4.74 Å². The zero-order valence-electron chi connectivity index (χ0n) is 14.7. The number of nitrogens with one attached hydrogen (secondary N) is 1. The summed E-state index contributed by atoms with van der Waals surface area (Å²) < 4.78 is 5.57. The standard InChI is InChI=1S/C18H24N4O2/c1-11-7-8-22(10-15(11)24-4)16-6-5-14(9-19-16)17-20-13(3)12(2)18(23)21-17/h5-6,9,11,15H,7-8,10H2,1-4H3,(H,20,21,23). The molecule has 1 fully saturated rings. The smallest absolute Gasteiger partial charge is 0.254 e. The van der Waals surface area contributed by atoms with Gasteiger partial charge in [-0.15, -0.1) is 0 Å². The summed E-state index contributed by atoms with van der Waals surface area (Å²) in [6, 6.07) is 3.93. The van der Waals surface area contributed by atoms with E-state index in [1.807, 2.05) is 19.1 Å². The van der Waals surface area contributed by atoms with Gasteiger partial charge >= 0.3 is 0 Å². The Labute approximate surface area is 141 Å². The number of aromatic amines is 1. The molecule has 6 nitrogen and oxygen atoms in total. The lowest BCUT2D eigenvalue weighted by Crippen LogP contribution is -2.44. The molecule has 0 aliphatic carbocycles. The second-order valence-electron chi connectivity index (χ2n) is 6.52. The van der Waals surface area contributed by atoms with Crippen LogP contribution in [0, 0.1) is 19.8 Å². The predicted octanol–water partition coefficient (Wildman–Crippen LogP) is 2.31. The maximum Gasteiger partial charge on any atom is 0.254 e. The number of piperidine rings is 1. The van der Waals surface area contributed by atoms with E-state index in [9.17, 15) is 4.79 Å². The molecule has 0 amide bonds. The van der Waals surface area contributed by atoms with Gasteiger partial charge in [0.2, 0.25) is 0 Å². The molecule has 0 spiro atoms. The molecule has 0 radical (unpaired) electrons. The number of nitrogens with zero attached hydrogens (tertiary/aromatic N) is 3. The van der Waals surface area contributed by atoms with Gasteiger partial charge in [-0.1, -0.05) is 6.92 Å². The maximum atomic E-state index is 11.9. The van der Waals surface area contributed by atoms with Crippen LogP contribution in [0.1, 0.15) is 24.6 Å². The number of aromatic nitrogens is 3. The van der Waals surface area contributed by atoms with E-state index in [1.165, 1.54) is 0 Å². The number of H-pyrrole nitrogens is 1. The highest BCUT2D eigenvalue weighted by Crippen LogP contribution is 2.24. The fourth-order valence-corrected chi connectivity index (χ4v) is 3.04. The molecule has 3 rings (SSSR count). The monoisotopic (exact) mass is 328 g/mol. The lowest BCUT2D eigenvalue weighted by molar-refractivity contribution is 0.0496. The summed E-state index contributed by atoms with van der Waals surface area (Å²) in [6.07, 6.45) is 3.09. The number of methoxy groups -OCH3 is 1. The molecule has 2 aromatic heterocycles. The van der Waals surface area contributed by atoms with E-state index in [0.29, 0.717) is 17.3 Å². The van der Waals surface area contributed by atoms with Gasteiger partial charge in [-0.3, -0.25) is 4.79 Å². The average molecular weight is 328 g/mol. The van der Waals surface area contributed by atoms with Crippen LogP contribution in [-0.4, -0.2) is 41.3 Å². The number of pyridine rings is 1. The highest BCUT2D eigenvalue weighted by Gasteiger charge is 2.26. The van der Waals surface area contributed by atoms with Gasteiger partial charge in [-0.25, -0.2) is 9.97 Å². The molecular weight excluding hydrogens is 304 g/mol. The minimum atomic E-state index is -0.102. The van der Waals surface area contributed by atoms with Gasteiger partial charge in [0.15, 0.2) is 0 Å². The van der Waals surface area contributed by atoms with Crippen LogP contribution in [0.3, 0.4) is 0 Å². The fourth-order valence-electron chi connectivity index (χ4n) is 3.04. The molecule has 0 bridgehead atoms. The minimum absolute atomic E-state index is 0.102. The normalized spacial score (nSPS) is 21.1. The summed E-state index contributed by atoms with van der Waals surface area (Å²) in [7, 11) is 1.77. The third kappa shape index (κ3) is 3.19. The van der Waals surface area contributed by atoms with Gasteiger partial charge in [0.1, 0.15) is 11.6 Å². The SMILES string of the molecule is COC1CN(c2ccc(-c3nc(C)c(C)c(=O)[nH]3)cn2)CCC1C. The van der Waals surface area contributed by atoms with E-state index in [1.54, 1.807) is 20.2 Å². The molecule has 0 aromatic carbocycles. The molecule has 2 aromatic rings. The van der Waals surface area contributed by atoms with Crippen molar-refractivity contribution in [2.24, 2.45) is 5.92 Å². The quantitative estimate of drug-likeness (QED) is 0.936. The predicted molar refractivity (Wildman–Crippen MR) is 94.4 cm³/mol. The van der Waals surface area contributed by atoms with E-state index in [-0.39, 0.29) is 11.7 Å². The van der Waals surface area contributed by atoms with Crippen LogP contribution in [0.25, 0.3) is 11.4 Å². The molecule has 2 unspecified atom stereocenters. The molecular formula is C18H24N4O2. The van der Waals surface area contributed by atoms with Crippen LogP contribution in [0.4, 0.5) is 5.82 Å². The zero-order valence-corrected chi connectivity index (χ0v) is 14.7. The Morgan fingerprint density at radius 2 is 2.12 bits per heavy atom. The first kappa shape index (κ1) is 16.6. The van der Waals surface area contributed by atoms with Crippen molar-refractivity contribution < 1.29 is 4.74 Å². The molecule has 3 heterocycles. The first-order valence-corrected chi connectivity index (χ1v) is 8.31. The van der Waals surface area contributed by atoms with Gasteiger partial charge in [0, 0.05) is 43.2 Å². The number of rotatable bonds is 3. The van der Waals surface area contributed by atoms with Gasteiger partial charge in [0.25, 0.3) is 5.56 Å². The number of anilines is 1. The van der Waals surface area contributed by atoms with Crippen LogP contribution in [0.15, 0.2) is 23.1 Å².